The van der Waals surface area contributed by atoms with Crippen LogP contribution < -0.4 is 10.2 Å². The maximum atomic E-state index is 12.1. The van der Waals surface area contributed by atoms with Crippen LogP contribution in [0.4, 0.5) is 11.4 Å². The number of ether oxygens (including phenoxy) is 2. The summed E-state index contributed by atoms with van der Waals surface area (Å²) in [6.07, 6.45) is 0.466. The largest absolute Gasteiger partial charge is 0.468 e. The highest BCUT2D eigenvalue weighted by atomic mass is 32.2. The monoisotopic (exact) mass is 352 g/mol. The minimum absolute atomic E-state index is 0.250. The number of methoxy groups -OCH3 is 2. The maximum Gasteiger partial charge on any atom is 0.330 e. The lowest BCUT2D eigenvalue weighted by molar-refractivity contribution is -0.148. The lowest BCUT2D eigenvalue weighted by Crippen LogP contribution is -2.53. The highest BCUT2D eigenvalue weighted by molar-refractivity contribution is 8.01. The lowest BCUT2D eigenvalue weighted by Gasteiger charge is -2.36. The van der Waals surface area contributed by atoms with Crippen molar-refractivity contribution < 1.29 is 28.7 Å². The fourth-order valence-corrected chi connectivity index (χ4v) is 3.70. The van der Waals surface area contributed by atoms with Gasteiger partial charge in [-0.3, -0.25) is 19.3 Å². The smallest absolute Gasteiger partial charge is 0.330 e. The summed E-state index contributed by atoms with van der Waals surface area (Å²) in [7, 11) is 2.38. The number of nitrogens with one attached hydrogen (secondary N) is 1. The Labute approximate surface area is 142 Å². The first-order valence-electron chi connectivity index (χ1n) is 6.90. The van der Waals surface area contributed by atoms with Crippen LogP contribution >= 0.6 is 11.8 Å². The van der Waals surface area contributed by atoms with Gasteiger partial charge in [0.25, 0.3) is 0 Å². The zero-order chi connectivity index (χ0) is 17.9. The van der Waals surface area contributed by atoms with Gasteiger partial charge < -0.3 is 14.8 Å². The van der Waals surface area contributed by atoms with Crippen LogP contribution in [0, 0.1) is 0 Å². The summed E-state index contributed by atoms with van der Waals surface area (Å²) < 4.78 is 9.46. The van der Waals surface area contributed by atoms with Crippen LogP contribution in [0.25, 0.3) is 0 Å². The molecule has 1 aromatic carbocycles. The van der Waals surface area contributed by atoms with E-state index >= 15 is 0 Å². The standard InChI is InChI=1S/C15H16N2O6S/c1-8(19)16-9-4-5-10-11(6-9)24-13(15(21)23-3)12(14(20)22-2)17(10)7-18/h4-7,12-13H,1-3H3,(H,16,19)/t12-,13-/m0/s1. The third kappa shape index (κ3) is 3.35. The zero-order valence-electron chi connectivity index (χ0n) is 13.3. The van der Waals surface area contributed by atoms with Crippen molar-refractivity contribution in [3.63, 3.8) is 0 Å². The molecule has 0 fully saturated rings. The predicted molar refractivity (Wildman–Crippen MR) is 86.8 cm³/mol. The molecule has 1 heterocycles. The van der Waals surface area contributed by atoms with Crippen molar-refractivity contribution in [3.05, 3.63) is 18.2 Å². The number of amides is 2. The number of esters is 2. The Morgan fingerprint density at radius 1 is 1.21 bits per heavy atom. The zero-order valence-corrected chi connectivity index (χ0v) is 14.1. The normalized spacial score (nSPS) is 19.0. The average molecular weight is 352 g/mol. The van der Waals surface area contributed by atoms with Crippen LogP contribution in [0.3, 0.4) is 0 Å². The maximum absolute atomic E-state index is 12.1. The number of carbonyl (C=O) groups excluding carboxylic acids is 4. The van der Waals surface area contributed by atoms with Gasteiger partial charge in [-0.25, -0.2) is 4.79 Å². The molecule has 8 nitrogen and oxygen atoms in total. The molecule has 0 radical (unpaired) electrons. The Kier molecular flexibility index (Phi) is 5.45. The van der Waals surface area contributed by atoms with E-state index in [-0.39, 0.29) is 5.91 Å². The fourth-order valence-electron chi connectivity index (χ4n) is 2.37. The number of thioether (sulfide) groups is 1. The topological polar surface area (TPSA) is 102 Å². The van der Waals surface area contributed by atoms with E-state index in [1.165, 1.54) is 21.1 Å². The molecule has 2 atom stereocenters. The molecule has 0 saturated heterocycles. The second kappa shape index (κ2) is 7.35. The molecule has 0 aromatic heterocycles. The molecule has 2 amide bonds. The molecule has 2 rings (SSSR count). The Balaban J connectivity index is 2.51. The molecule has 0 unspecified atom stereocenters. The Morgan fingerprint density at radius 2 is 1.88 bits per heavy atom. The van der Waals surface area contributed by atoms with Gasteiger partial charge in [-0.05, 0) is 18.2 Å². The number of hydrogen-bond donors (Lipinski definition) is 1. The Hall–Kier alpha value is -2.55. The van der Waals surface area contributed by atoms with Crippen LogP contribution in [-0.4, -0.2) is 49.8 Å². The van der Waals surface area contributed by atoms with Crippen LogP contribution in [0.5, 0.6) is 0 Å². The van der Waals surface area contributed by atoms with Gasteiger partial charge in [0, 0.05) is 17.5 Å². The molecular formula is C15H16N2O6S. The molecule has 1 aliphatic heterocycles. The summed E-state index contributed by atoms with van der Waals surface area (Å²) >= 11 is 1.07. The first-order chi connectivity index (χ1) is 11.4. The van der Waals surface area contributed by atoms with E-state index in [9.17, 15) is 19.2 Å². The predicted octanol–water partition coefficient (Wildman–Crippen LogP) is 0.797. The molecule has 24 heavy (non-hydrogen) atoms. The molecule has 1 N–H and O–H groups in total. The molecule has 0 spiro atoms. The van der Waals surface area contributed by atoms with Gasteiger partial charge in [-0.2, -0.15) is 0 Å². The second-order valence-corrected chi connectivity index (χ2v) is 6.09. The van der Waals surface area contributed by atoms with Crippen LogP contribution in [0.15, 0.2) is 23.1 Å². The molecule has 0 bridgehead atoms. The molecule has 128 valence electrons. The summed E-state index contributed by atoms with van der Waals surface area (Å²) in [5.74, 6) is -1.63. The number of anilines is 2. The van der Waals surface area contributed by atoms with Crippen LogP contribution in [-0.2, 0) is 28.7 Å². The third-order valence-corrected chi connectivity index (χ3v) is 4.67. The van der Waals surface area contributed by atoms with Crippen molar-refractivity contribution in [1.82, 2.24) is 0 Å². The van der Waals surface area contributed by atoms with Gasteiger partial charge in [0.15, 0.2) is 6.04 Å². The molecule has 1 aliphatic rings. The number of carbonyl (C=O) groups is 4. The fraction of sp³-hybridized carbons (Fsp3) is 0.333. The molecule has 0 saturated carbocycles. The number of hydrogen-bond acceptors (Lipinski definition) is 7. The summed E-state index contributed by atoms with van der Waals surface area (Å²) in [6, 6.07) is 3.68. The summed E-state index contributed by atoms with van der Waals surface area (Å²) in [4.78, 5) is 48.6. The number of rotatable bonds is 4. The summed E-state index contributed by atoms with van der Waals surface area (Å²) in [5.41, 5.74) is 0.958. The van der Waals surface area contributed by atoms with E-state index in [0.717, 1.165) is 16.7 Å². The van der Waals surface area contributed by atoms with Crippen LogP contribution in [0.1, 0.15) is 6.92 Å². The molecule has 1 aromatic rings. The first-order valence-corrected chi connectivity index (χ1v) is 7.78. The van der Waals surface area contributed by atoms with Gasteiger partial charge in [-0.15, -0.1) is 11.8 Å². The van der Waals surface area contributed by atoms with Crippen molar-refractivity contribution in [2.45, 2.75) is 23.1 Å². The number of benzene rings is 1. The van der Waals surface area contributed by atoms with E-state index in [4.69, 9.17) is 9.47 Å². The van der Waals surface area contributed by atoms with E-state index < -0.39 is 23.2 Å². The van der Waals surface area contributed by atoms with E-state index in [1.54, 1.807) is 18.2 Å². The minimum atomic E-state index is -1.14. The summed E-state index contributed by atoms with van der Waals surface area (Å²) in [6.45, 7) is 1.37. The van der Waals surface area contributed by atoms with Gasteiger partial charge in [-0.1, -0.05) is 0 Å². The van der Waals surface area contributed by atoms with Crippen molar-refractivity contribution >= 4 is 47.4 Å². The average Bonchev–Trinajstić information content (AvgIpc) is 2.57. The van der Waals surface area contributed by atoms with E-state index in [0.29, 0.717) is 22.7 Å². The molecular weight excluding hydrogens is 336 g/mol. The minimum Gasteiger partial charge on any atom is -0.468 e. The van der Waals surface area contributed by atoms with Gasteiger partial charge in [0.05, 0.1) is 19.9 Å². The highest BCUT2D eigenvalue weighted by Crippen LogP contribution is 2.43. The van der Waals surface area contributed by atoms with Crippen molar-refractivity contribution in [1.29, 1.82) is 0 Å². The van der Waals surface area contributed by atoms with Crippen molar-refractivity contribution in [2.24, 2.45) is 0 Å². The van der Waals surface area contributed by atoms with Gasteiger partial charge >= 0.3 is 11.9 Å². The van der Waals surface area contributed by atoms with E-state index in [1.807, 2.05) is 0 Å². The molecule has 9 heteroatoms. The van der Waals surface area contributed by atoms with Gasteiger partial charge in [0.2, 0.25) is 12.3 Å². The van der Waals surface area contributed by atoms with Gasteiger partial charge in [0.1, 0.15) is 5.25 Å². The first kappa shape index (κ1) is 17.8. The second-order valence-electron chi connectivity index (χ2n) is 4.91. The Morgan fingerprint density at radius 3 is 2.42 bits per heavy atom. The Bertz CT molecular complexity index is 693. The van der Waals surface area contributed by atoms with Crippen molar-refractivity contribution in [3.8, 4) is 0 Å². The molecule has 0 aliphatic carbocycles. The van der Waals surface area contributed by atoms with Crippen LogP contribution in [0.2, 0.25) is 0 Å². The summed E-state index contributed by atoms with van der Waals surface area (Å²) in [5, 5.41) is 1.65. The SMILES string of the molecule is COC(=O)[C@H]1Sc2cc(NC(C)=O)ccc2N(C=O)[C@@H]1C(=O)OC. The number of fused-ring (bicyclic) bond motifs is 1. The van der Waals surface area contributed by atoms with E-state index in [2.05, 4.69) is 5.32 Å². The lowest BCUT2D eigenvalue weighted by atomic mass is 10.1. The highest BCUT2D eigenvalue weighted by Gasteiger charge is 2.45. The van der Waals surface area contributed by atoms with Crippen molar-refractivity contribution in [2.75, 3.05) is 24.4 Å². The quantitative estimate of drug-likeness (QED) is 0.631. The third-order valence-electron chi connectivity index (χ3n) is 3.39. The number of nitrogens with zero attached hydrogens (tertiary/aromatic N) is 1.